The fraction of sp³-hybridized carbons (Fsp3) is 0.600. The van der Waals surface area contributed by atoms with Crippen molar-refractivity contribution in [2.24, 2.45) is 0 Å². The normalized spacial score (nSPS) is 12.2. The van der Waals surface area contributed by atoms with Crippen LogP contribution in [-0.2, 0) is 6.42 Å². The maximum Gasteiger partial charge on any atom is 0.160 e. The lowest BCUT2D eigenvalue weighted by molar-refractivity contribution is 0.207. The predicted molar refractivity (Wildman–Crippen MR) is 82.9 cm³/mol. The molecule has 0 radical (unpaired) electrons. The molecule has 0 saturated carbocycles. The van der Waals surface area contributed by atoms with E-state index in [1.807, 2.05) is 6.07 Å². The van der Waals surface area contributed by atoms with Gasteiger partial charge in [-0.2, -0.15) is 0 Å². The van der Waals surface area contributed by atoms with Gasteiger partial charge in [-0.3, -0.25) is 0 Å². The fourth-order valence-electron chi connectivity index (χ4n) is 2.00. The van der Waals surface area contributed by atoms with Crippen LogP contribution >= 0.6 is 12.4 Å². The van der Waals surface area contributed by atoms with Crippen LogP contribution in [0, 0.1) is 0 Å². The summed E-state index contributed by atoms with van der Waals surface area (Å²) in [6, 6.07) is 7.19. The van der Waals surface area contributed by atoms with Crippen molar-refractivity contribution in [3.05, 3.63) is 23.8 Å². The molecule has 3 nitrogen and oxygen atoms in total. The quantitative estimate of drug-likeness (QED) is 0.800. The highest BCUT2D eigenvalue weighted by Crippen LogP contribution is 2.28. The van der Waals surface area contributed by atoms with Crippen molar-refractivity contribution in [3.8, 4) is 11.5 Å². The summed E-state index contributed by atoms with van der Waals surface area (Å²) < 4.78 is 10.6. The zero-order valence-electron chi connectivity index (χ0n) is 12.8. The fourth-order valence-corrected chi connectivity index (χ4v) is 2.00. The van der Waals surface area contributed by atoms with Crippen LogP contribution in [0.15, 0.2) is 18.2 Å². The van der Waals surface area contributed by atoms with E-state index in [1.54, 1.807) is 14.2 Å². The number of likely N-dealkylation sites (N-methyl/N-ethyl adjacent to an activating group) is 1. The molecule has 0 aliphatic heterocycles. The number of ether oxygens (including phenoxy) is 2. The minimum atomic E-state index is 0. The molecule has 0 aromatic heterocycles. The summed E-state index contributed by atoms with van der Waals surface area (Å²) in [5.41, 5.74) is 1.27. The van der Waals surface area contributed by atoms with Gasteiger partial charge in [0.15, 0.2) is 11.5 Å². The predicted octanol–water partition coefficient (Wildman–Crippen LogP) is 3.40. The monoisotopic (exact) mass is 287 g/mol. The first kappa shape index (κ1) is 18.1. The lowest BCUT2D eigenvalue weighted by atomic mass is 10.0. The molecular formula is C15H26ClNO2. The second kappa shape index (κ2) is 8.28. The van der Waals surface area contributed by atoms with E-state index in [-0.39, 0.29) is 12.4 Å². The molecule has 0 amide bonds. The molecule has 4 heteroatoms. The molecular weight excluding hydrogens is 262 g/mol. The second-order valence-electron chi connectivity index (χ2n) is 5.00. The van der Waals surface area contributed by atoms with Gasteiger partial charge in [-0.15, -0.1) is 12.4 Å². The third-order valence-electron chi connectivity index (χ3n) is 3.49. The Morgan fingerprint density at radius 2 is 1.63 bits per heavy atom. The Balaban J connectivity index is 0.00000324. The molecule has 1 rings (SSSR count). The largest absolute Gasteiger partial charge is 0.493 e. The van der Waals surface area contributed by atoms with Crippen LogP contribution in [0.25, 0.3) is 0 Å². The van der Waals surface area contributed by atoms with Crippen molar-refractivity contribution < 1.29 is 9.47 Å². The van der Waals surface area contributed by atoms with Crippen molar-refractivity contribution in [3.63, 3.8) is 0 Å². The van der Waals surface area contributed by atoms with Crippen LogP contribution < -0.4 is 9.47 Å². The molecule has 0 saturated heterocycles. The van der Waals surface area contributed by atoms with Crippen molar-refractivity contribution in [1.29, 1.82) is 0 Å². The first-order valence-corrected chi connectivity index (χ1v) is 6.42. The van der Waals surface area contributed by atoms with Crippen molar-refractivity contribution in [1.82, 2.24) is 4.90 Å². The van der Waals surface area contributed by atoms with Gasteiger partial charge in [0.25, 0.3) is 0 Å². The highest BCUT2D eigenvalue weighted by atomic mass is 35.5. The summed E-state index contributed by atoms with van der Waals surface area (Å²) in [7, 11) is 5.49. The smallest absolute Gasteiger partial charge is 0.160 e. The van der Waals surface area contributed by atoms with Crippen molar-refractivity contribution >= 4 is 12.4 Å². The molecule has 1 unspecified atom stereocenters. The number of hydrogen-bond donors (Lipinski definition) is 0. The average molecular weight is 288 g/mol. The van der Waals surface area contributed by atoms with Gasteiger partial charge in [-0.25, -0.2) is 0 Å². The molecule has 0 bridgehead atoms. The third kappa shape index (κ3) is 4.92. The number of hydrogen-bond acceptors (Lipinski definition) is 3. The molecule has 19 heavy (non-hydrogen) atoms. The van der Waals surface area contributed by atoms with Gasteiger partial charge >= 0.3 is 0 Å². The van der Waals surface area contributed by atoms with E-state index in [2.05, 4.69) is 44.9 Å². The average Bonchev–Trinajstić information content (AvgIpc) is 2.37. The van der Waals surface area contributed by atoms with E-state index < -0.39 is 0 Å². The third-order valence-corrected chi connectivity index (χ3v) is 3.49. The van der Waals surface area contributed by atoms with Gasteiger partial charge in [0, 0.05) is 12.1 Å². The Bertz CT molecular complexity index is 382. The molecule has 1 aromatic rings. The van der Waals surface area contributed by atoms with Gasteiger partial charge in [0.2, 0.25) is 0 Å². The summed E-state index contributed by atoms with van der Waals surface area (Å²) >= 11 is 0. The molecule has 0 aliphatic rings. The first-order valence-electron chi connectivity index (χ1n) is 6.42. The summed E-state index contributed by atoms with van der Waals surface area (Å²) in [5, 5.41) is 0. The topological polar surface area (TPSA) is 21.7 Å². The Labute approximate surface area is 123 Å². The second-order valence-corrected chi connectivity index (χ2v) is 5.00. The maximum absolute atomic E-state index is 5.33. The van der Waals surface area contributed by atoms with Crippen molar-refractivity contribution in [2.45, 2.75) is 39.3 Å². The zero-order chi connectivity index (χ0) is 13.7. The SMILES string of the molecule is COc1ccc(CC(C)N(C)C(C)C)cc1OC.Cl. The number of rotatable bonds is 6. The molecule has 1 atom stereocenters. The Hall–Kier alpha value is -0.930. The molecule has 0 N–H and O–H groups in total. The van der Waals surface area contributed by atoms with Gasteiger partial charge in [0.1, 0.15) is 0 Å². The van der Waals surface area contributed by atoms with Crippen LogP contribution in [-0.4, -0.2) is 38.3 Å². The molecule has 0 aliphatic carbocycles. The summed E-state index contributed by atoms with van der Waals surface area (Å²) in [6.45, 7) is 6.67. The van der Waals surface area contributed by atoms with E-state index in [9.17, 15) is 0 Å². The van der Waals surface area contributed by atoms with E-state index in [0.717, 1.165) is 17.9 Å². The molecule has 0 fully saturated rings. The summed E-state index contributed by atoms with van der Waals surface area (Å²) in [5.74, 6) is 1.58. The van der Waals surface area contributed by atoms with Gasteiger partial charge < -0.3 is 14.4 Å². The lowest BCUT2D eigenvalue weighted by Gasteiger charge is -2.28. The highest BCUT2D eigenvalue weighted by Gasteiger charge is 2.14. The Morgan fingerprint density at radius 3 is 2.11 bits per heavy atom. The summed E-state index contributed by atoms with van der Waals surface area (Å²) in [4.78, 5) is 2.37. The van der Waals surface area contributed by atoms with E-state index in [4.69, 9.17) is 9.47 Å². The number of benzene rings is 1. The first-order chi connectivity index (χ1) is 8.49. The van der Waals surface area contributed by atoms with Crippen LogP contribution in [0.4, 0.5) is 0 Å². The van der Waals surface area contributed by atoms with Gasteiger partial charge in [0.05, 0.1) is 14.2 Å². The van der Waals surface area contributed by atoms with Crippen LogP contribution in [0.3, 0.4) is 0 Å². The zero-order valence-corrected chi connectivity index (χ0v) is 13.6. The molecule has 110 valence electrons. The lowest BCUT2D eigenvalue weighted by Crippen LogP contribution is -2.36. The standard InChI is InChI=1S/C15H25NO2.ClH/c1-11(2)16(4)12(3)9-13-7-8-14(17-5)15(10-13)18-6;/h7-8,10-12H,9H2,1-6H3;1H. The molecule has 0 heterocycles. The highest BCUT2D eigenvalue weighted by molar-refractivity contribution is 5.85. The number of halogens is 1. The van der Waals surface area contributed by atoms with Crippen LogP contribution in [0.1, 0.15) is 26.3 Å². The molecule has 1 aromatic carbocycles. The van der Waals surface area contributed by atoms with Gasteiger partial charge in [-0.1, -0.05) is 6.07 Å². The number of methoxy groups -OCH3 is 2. The summed E-state index contributed by atoms with van der Waals surface area (Å²) in [6.07, 6.45) is 1.01. The van der Waals surface area contributed by atoms with E-state index >= 15 is 0 Å². The molecule has 0 spiro atoms. The van der Waals surface area contributed by atoms with Crippen LogP contribution in [0.5, 0.6) is 11.5 Å². The minimum Gasteiger partial charge on any atom is -0.493 e. The van der Waals surface area contributed by atoms with E-state index in [0.29, 0.717) is 12.1 Å². The van der Waals surface area contributed by atoms with E-state index in [1.165, 1.54) is 5.56 Å². The Kier molecular flexibility index (Phi) is 7.88. The maximum atomic E-state index is 5.33. The van der Waals surface area contributed by atoms with Crippen LogP contribution in [0.2, 0.25) is 0 Å². The van der Waals surface area contributed by atoms with Gasteiger partial charge in [-0.05, 0) is 51.9 Å². The number of nitrogens with zero attached hydrogens (tertiary/aromatic N) is 1. The van der Waals surface area contributed by atoms with Crippen molar-refractivity contribution in [2.75, 3.05) is 21.3 Å². The Morgan fingerprint density at radius 1 is 1.05 bits per heavy atom. The minimum absolute atomic E-state index is 0.